The second-order valence-corrected chi connectivity index (χ2v) is 5.09. The Morgan fingerprint density at radius 1 is 1.33 bits per heavy atom. The van der Waals surface area contributed by atoms with Crippen LogP contribution < -0.4 is 0 Å². The first-order valence-electron chi connectivity index (χ1n) is 5.93. The summed E-state index contributed by atoms with van der Waals surface area (Å²) in [6.07, 6.45) is 1.98. The molecule has 4 unspecified atom stereocenters. The Morgan fingerprint density at radius 3 is 2.53 bits per heavy atom. The molecule has 90 valence electrons. The highest BCUT2D eigenvalue weighted by atomic mass is 16.5. The van der Waals surface area contributed by atoms with Crippen molar-refractivity contribution in [1.29, 1.82) is 0 Å². The van der Waals surface area contributed by atoms with Gasteiger partial charge < -0.3 is 9.84 Å². The van der Waals surface area contributed by atoms with Gasteiger partial charge in [0.1, 0.15) is 0 Å². The summed E-state index contributed by atoms with van der Waals surface area (Å²) in [6.45, 7) is 6.11. The van der Waals surface area contributed by atoms with Gasteiger partial charge in [0.05, 0.1) is 12.7 Å². The average molecular weight is 215 g/mol. The zero-order chi connectivity index (χ0) is 11.4. The van der Waals surface area contributed by atoms with Crippen LogP contribution >= 0.6 is 0 Å². The summed E-state index contributed by atoms with van der Waals surface area (Å²) in [4.78, 5) is 2.24. The lowest BCUT2D eigenvalue weighted by atomic mass is 9.77. The fourth-order valence-corrected chi connectivity index (χ4v) is 2.91. The van der Waals surface area contributed by atoms with E-state index in [1.807, 2.05) is 0 Å². The Hall–Kier alpha value is -0.120. The summed E-state index contributed by atoms with van der Waals surface area (Å²) in [5.74, 6) is 1.23. The summed E-state index contributed by atoms with van der Waals surface area (Å²) < 4.78 is 5.07. The molecule has 0 spiro atoms. The molecule has 0 radical (unpaired) electrons. The molecule has 0 heterocycles. The van der Waals surface area contributed by atoms with E-state index >= 15 is 0 Å². The number of aliphatic hydroxyl groups is 1. The topological polar surface area (TPSA) is 32.7 Å². The smallest absolute Gasteiger partial charge is 0.0700 e. The number of likely N-dealkylation sites (N-methyl/N-ethyl adjacent to an activating group) is 1. The number of hydrogen-bond acceptors (Lipinski definition) is 3. The Bertz CT molecular complexity index is 174. The standard InChI is InChI=1S/C12H25NO2/c1-9-7-10(2)12(11(14)8-9)13(3)5-6-15-4/h9-12,14H,5-8H2,1-4H3. The maximum Gasteiger partial charge on any atom is 0.0700 e. The van der Waals surface area contributed by atoms with Crippen LogP contribution in [0.15, 0.2) is 0 Å². The van der Waals surface area contributed by atoms with E-state index in [4.69, 9.17) is 4.74 Å². The molecule has 15 heavy (non-hydrogen) atoms. The van der Waals surface area contributed by atoms with Crippen LogP contribution in [0.1, 0.15) is 26.7 Å². The molecule has 0 saturated heterocycles. The van der Waals surface area contributed by atoms with Gasteiger partial charge >= 0.3 is 0 Å². The monoisotopic (exact) mass is 215 g/mol. The van der Waals surface area contributed by atoms with Crippen LogP contribution in [-0.2, 0) is 4.74 Å². The third-order valence-corrected chi connectivity index (χ3v) is 3.55. The average Bonchev–Trinajstić information content (AvgIpc) is 2.12. The first-order chi connectivity index (χ1) is 7.06. The maximum atomic E-state index is 10.1. The van der Waals surface area contributed by atoms with Crippen LogP contribution in [0.3, 0.4) is 0 Å². The van der Waals surface area contributed by atoms with E-state index < -0.39 is 0 Å². The lowest BCUT2D eigenvalue weighted by Crippen LogP contribution is -2.50. The number of rotatable bonds is 4. The van der Waals surface area contributed by atoms with Crippen molar-refractivity contribution in [3.05, 3.63) is 0 Å². The molecule has 3 heteroatoms. The molecule has 0 aromatic heterocycles. The molecule has 1 aliphatic rings. The zero-order valence-electron chi connectivity index (χ0n) is 10.4. The fourth-order valence-electron chi connectivity index (χ4n) is 2.91. The van der Waals surface area contributed by atoms with Crippen molar-refractivity contribution in [1.82, 2.24) is 4.90 Å². The molecule has 3 nitrogen and oxygen atoms in total. The quantitative estimate of drug-likeness (QED) is 0.768. The number of aliphatic hydroxyl groups excluding tert-OH is 1. The van der Waals surface area contributed by atoms with E-state index in [1.165, 1.54) is 6.42 Å². The van der Waals surface area contributed by atoms with E-state index in [0.29, 0.717) is 17.9 Å². The third kappa shape index (κ3) is 3.44. The Balaban J connectivity index is 2.50. The number of hydrogen-bond donors (Lipinski definition) is 1. The summed E-state index contributed by atoms with van der Waals surface area (Å²) in [5.41, 5.74) is 0. The largest absolute Gasteiger partial charge is 0.391 e. The van der Waals surface area contributed by atoms with Crippen molar-refractivity contribution in [2.45, 2.75) is 38.8 Å². The van der Waals surface area contributed by atoms with Gasteiger partial charge in [0, 0.05) is 19.7 Å². The predicted molar refractivity (Wildman–Crippen MR) is 61.9 cm³/mol. The van der Waals surface area contributed by atoms with Gasteiger partial charge in [-0.25, -0.2) is 0 Å². The lowest BCUT2D eigenvalue weighted by Gasteiger charge is -2.42. The minimum Gasteiger partial charge on any atom is -0.391 e. The highest BCUT2D eigenvalue weighted by Gasteiger charge is 2.34. The third-order valence-electron chi connectivity index (χ3n) is 3.55. The minimum atomic E-state index is -0.175. The number of methoxy groups -OCH3 is 1. The van der Waals surface area contributed by atoms with Crippen molar-refractivity contribution in [2.24, 2.45) is 11.8 Å². The summed E-state index contributed by atoms with van der Waals surface area (Å²) in [7, 11) is 3.80. The molecule has 0 bridgehead atoms. The van der Waals surface area contributed by atoms with Gasteiger partial charge in [0.25, 0.3) is 0 Å². The second kappa shape index (κ2) is 5.83. The zero-order valence-corrected chi connectivity index (χ0v) is 10.4. The second-order valence-electron chi connectivity index (χ2n) is 5.09. The summed E-state index contributed by atoms with van der Waals surface area (Å²) >= 11 is 0. The molecule has 0 aromatic rings. The van der Waals surface area contributed by atoms with Crippen molar-refractivity contribution in [3.8, 4) is 0 Å². The van der Waals surface area contributed by atoms with Gasteiger partial charge in [-0.1, -0.05) is 13.8 Å². The van der Waals surface area contributed by atoms with E-state index in [1.54, 1.807) is 7.11 Å². The lowest BCUT2D eigenvalue weighted by molar-refractivity contribution is -0.0205. The van der Waals surface area contributed by atoms with Crippen LogP contribution in [0, 0.1) is 11.8 Å². The predicted octanol–water partition coefficient (Wildman–Crippen LogP) is 1.36. The van der Waals surface area contributed by atoms with Crippen LogP contribution in [0.25, 0.3) is 0 Å². The molecule has 1 N–H and O–H groups in total. The van der Waals surface area contributed by atoms with Crippen molar-refractivity contribution >= 4 is 0 Å². The molecule has 1 fully saturated rings. The maximum absolute atomic E-state index is 10.1. The SMILES string of the molecule is COCCN(C)C1C(C)CC(C)CC1O. The van der Waals surface area contributed by atoms with Crippen molar-refractivity contribution in [3.63, 3.8) is 0 Å². The van der Waals surface area contributed by atoms with Gasteiger partial charge in [-0.15, -0.1) is 0 Å². The van der Waals surface area contributed by atoms with E-state index in [0.717, 1.165) is 19.6 Å². The molecule has 4 atom stereocenters. The van der Waals surface area contributed by atoms with Crippen LogP contribution in [-0.4, -0.2) is 49.5 Å². The molecule has 0 amide bonds. The molecule has 1 rings (SSSR count). The normalized spacial score (nSPS) is 37.2. The Kier molecular flexibility index (Phi) is 5.03. The van der Waals surface area contributed by atoms with Gasteiger partial charge in [-0.05, 0) is 31.7 Å². The molecule has 1 saturated carbocycles. The molecule has 0 aliphatic heterocycles. The minimum absolute atomic E-state index is 0.175. The summed E-state index contributed by atoms with van der Waals surface area (Å²) in [6, 6.07) is 0.302. The van der Waals surface area contributed by atoms with Crippen molar-refractivity contribution < 1.29 is 9.84 Å². The van der Waals surface area contributed by atoms with Crippen molar-refractivity contribution in [2.75, 3.05) is 27.3 Å². The van der Waals surface area contributed by atoms with Crippen LogP contribution in [0.2, 0.25) is 0 Å². The highest BCUT2D eigenvalue weighted by Crippen LogP contribution is 2.31. The van der Waals surface area contributed by atoms with Gasteiger partial charge in [-0.3, -0.25) is 4.90 Å². The highest BCUT2D eigenvalue weighted by molar-refractivity contribution is 4.88. The van der Waals surface area contributed by atoms with E-state index in [2.05, 4.69) is 25.8 Å². The van der Waals surface area contributed by atoms with E-state index in [9.17, 15) is 5.11 Å². The van der Waals surface area contributed by atoms with Crippen LogP contribution in [0.5, 0.6) is 0 Å². The fraction of sp³-hybridized carbons (Fsp3) is 1.00. The van der Waals surface area contributed by atoms with Gasteiger partial charge in [-0.2, -0.15) is 0 Å². The number of ether oxygens (including phenoxy) is 1. The molecular weight excluding hydrogens is 190 g/mol. The molecular formula is C12H25NO2. The Morgan fingerprint density at radius 2 is 2.00 bits per heavy atom. The van der Waals surface area contributed by atoms with E-state index in [-0.39, 0.29) is 6.10 Å². The first kappa shape index (κ1) is 12.9. The first-order valence-corrected chi connectivity index (χ1v) is 5.93. The van der Waals surface area contributed by atoms with Gasteiger partial charge in [0.2, 0.25) is 0 Å². The Labute approximate surface area is 93.4 Å². The molecule has 1 aliphatic carbocycles. The van der Waals surface area contributed by atoms with Crippen LogP contribution in [0.4, 0.5) is 0 Å². The molecule has 0 aromatic carbocycles. The summed E-state index contributed by atoms with van der Waals surface area (Å²) in [5, 5.41) is 10.1. The van der Waals surface area contributed by atoms with Gasteiger partial charge in [0.15, 0.2) is 0 Å². The number of nitrogens with zero attached hydrogens (tertiary/aromatic N) is 1.